The zero-order valence-electron chi connectivity index (χ0n) is 11.7. The van der Waals surface area contributed by atoms with Crippen LogP contribution >= 0.6 is 0 Å². The van der Waals surface area contributed by atoms with Gasteiger partial charge in [-0.2, -0.15) is 0 Å². The maximum absolute atomic E-state index is 12.3. The van der Waals surface area contributed by atoms with E-state index in [4.69, 9.17) is 10.9 Å². The first-order valence-electron chi connectivity index (χ1n) is 6.87. The highest BCUT2D eigenvalue weighted by Gasteiger charge is 2.41. The van der Waals surface area contributed by atoms with Crippen molar-refractivity contribution in [3.8, 4) is 0 Å². The molecule has 0 radical (unpaired) electrons. The second-order valence-corrected chi connectivity index (χ2v) is 7.11. The lowest BCUT2D eigenvalue weighted by molar-refractivity contribution is 0.309. The van der Waals surface area contributed by atoms with Gasteiger partial charge in [0.25, 0.3) is 0 Å². The van der Waals surface area contributed by atoms with Crippen LogP contribution in [-0.2, 0) is 16.4 Å². The first-order chi connectivity index (χ1) is 9.97. The average Bonchev–Trinajstić information content (AvgIpc) is 2.94. The molecular formula is C13H20N4O3S. The third-order valence-electron chi connectivity index (χ3n) is 3.76. The molecule has 8 heteroatoms. The van der Waals surface area contributed by atoms with E-state index in [1.165, 1.54) is 0 Å². The number of hydrogen-bond acceptors (Lipinski definition) is 5. The fourth-order valence-corrected chi connectivity index (χ4v) is 4.10. The molecule has 116 valence electrons. The van der Waals surface area contributed by atoms with Crippen molar-refractivity contribution in [3.05, 3.63) is 30.1 Å². The Balaban J connectivity index is 2.06. The predicted octanol–water partition coefficient (Wildman–Crippen LogP) is 0.603. The summed E-state index contributed by atoms with van der Waals surface area (Å²) >= 11 is 0. The number of pyridine rings is 1. The maximum atomic E-state index is 12.3. The standard InChI is InChI=1S/C13H20N4O3S/c14-12(16-18)13(7-2-3-8-13)17-21(19,20)10-6-11-5-1-4-9-15-11/h1,4-5,9,17-18H,2-3,6-8,10H2,(H2,14,16). The van der Waals surface area contributed by atoms with Crippen LogP contribution in [-0.4, -0.2) is 35.7 Å². The number of sulfonamides is 1. The highest BCUT2D eigenvalue weighted by atomic mass is 32.2. The van der Waals surface area contributed by atoms with Gasteiger partial charge in [0.1, 0.15) is 0 Å². The molecule has 4 N–H and O–H groups in total. The molecule has 1 fully saturated rings. The Morgan fingerprint density at radius 2 is 2.14 bits per heavy atom. The third kappa shape index (κ3) is 3.92. The van der Waals surface area contributed by atoms with Crippen molar-refractivity contribution in [2.24, 2.45) is 10.9 Å². The average molecular weight is 312 g/mol. The van der Waals surface area contributed by atoms with Crippen molar-refractivity contribution in [2.75, 3.05) is 5.75 Å². The Morgan fingerprint density at radius 3 is 2.71 bits per heavy atom. The molecule has 0 aromatic carbocycles. The Kier molecular flexibility index (Phi) is 4.79. The van der Waals surface area contributed by atoms with Crippen LogP contribution in [0.3, 0.4) is 0 Å². The highest BCUT2D eigenvalue weighted by Crippen LogP contribution is 2.30. The summed E-state index contributed by atoms with van der Waals surface area (Å²) in [4.78, 5) is 4.10. The van der Waals surface area contributed by atoms with E-state index < -0.39 is 15.6 Å². The Labute approximate surface area is 124 Å². The van der Waals surface area contributed by atoms with E-state index >= 15 is 0 Å². The smallest absolute Gasteiger partial charge is 0.212 e. The van der Waals surface area contributed by atoms with Crippen molar-refractivity contribution in [1.29, 1.82) is 0 Å². The molecule has 0 amide bonds. The van der Waals surface area contributed by atoms with E-state index in [2.05, 4.69) is 14.9 Å². The van der Waals surface area contributed by atoms with E-state index in [1.807, 2.05) is 6.07 Å². The number of rotatable bonds is 6. The van der Waals surface area contributed by atoms with Crippen LogP contribution in [0, 0.1) is 0 Å². The summed E-state index contributed by atoms with van der Waals surface area (Å²) in [7, 11) is -3.54. The summed E-state index contributed by atoms with van der Waals surface area (Å²) in [6.45, 7) is 0. The van der Waals surface area contributed by atoms with Gasteiger partial charge in [-0.1, -0.05) is 24.1 Å². The van der Waals surface area contributed by atoms with Crippen molar-refractivity contribution < 1.29 is 13.6 Å². The van der Waals surface area contributed by atoms with Crippen LogP contribution in [0.4, 0.5) is 0 Å². The van der Waals surface area contributed by atoms with Gasteiger partial charge in [0.05, 0.1) is 11.3 Å². The molecule has 0 unspecified atom stereocenters. The molecule has 21 heavy (non-hydrogen) atoms. The fourth-order valence-electron chi connectivity index (χ4n) is 2.62. The molecule has 1 aliphatic rings. The monoisotopic (exact) mass is 312 g/mol. The number of aromatic nitrogens is 1. The zero-order valence-corrected chi connectivity index (χ0v) is 12.5. The first-order valence-corrected chi connectivity index (χ1v) is 8.52. The van der Waals surface area contributed by atoms with Gasteiger partial charge in [-0.3, -0.25) is 4.98 Å². The predicted molar refractivity (Wildman–Crippen MR) is 79.5 cm³/mol. The lowest BCUT2D eigenvalue weighted by Crippen LogP contribution is -2.56. The maximum Gasteiger partial charge on any atom is 0.212 e. The quantitative estimate of drug-likeness (QED) is 0.308. The van der Waals surface area contributed by atoms with E-state index in [-0.39, 0.29) is 11.6 Å². The van der Waals surface area contributed by atoms with Gasteiger partial charge >= 0.3 is 0 Å². The third-order valence-corrected chi connectivity index (χ3v) is 5.20. The normalized spacial score (nSPS) is 18.8. The minimum atomic E-state index is -3.54. The summed E-state index contributed by atoms with van der Waals surface area (Å²) < 4.78 is 27.1. The molecule has 1 aromatic rings. The number of aryl methyl sites for hydroxylation is 1. The van der Waals surface area contributed by atoms with Gasteiger partial charge in [-0.15, -0.1) is 0 Å². The van der Waals surface area contributed by atoms with Gasteiger partial charge in [-0.05, 0) is 25.0 Å². The molecule has 1 saturated carbocycles. The summed E-state index contributed by atoms with van der Waals surface area (Å²) in [5.74, 6) is -0.147. The van der Waals surface area contributed by atoms with Gasteiger partial charge in [0.15, 0.2) is 5.84 Å². The van der Waals surface area contributed by atoms with E-state index in [9.17, 15) is 8.42 Å². The molecule has 1 heterocycles. The largest absolute Gasteiger partial charge is 0.409 e. The van der Waals surface area contributed by atoms with Crippen LogP contribution in [0.25, 0.3) is 0 Å². The molecule has 1 aromatic heterocycles. The SMILES string of the molecule is N/C(=N/O)C1(NS(=O)(=O)CCc2ccccn2)CCCC1. The van der Waals surface area contributed by atoms with Crippen molar-refractivity contribution in [2.45, 2.75) is 37.6 Å². The first kappa shape index (κ1) is 15.7. The number of nitrogens with zero attached hydrogens (tertiary/aromatic N) is 2. The number of hydrogen-bond donors (Lipinski definition) is 3. The lowest BCUT2D eigenvalue weighted by Gasteiger charge is -2.28. The fraction of sp³-hybridized carbons (Fsp3) is 0.538. The number of amidine groups is 1. The molecule has 0 atom stereocenters. The summed E-state index contributed by atoms with van der Waals surface area (Å²) in [6.07, 6.45) is 4.74. The number of nitrogens with two attached hydrogens (primary N) is 1. The molecule has 0 saturated heterocycles. The van der Waals surface area contributed by atoms with Crippen molar-refractivity contribution in [1.82, 2.24) is 9.71 Å². The second kappa shape index (κ2) is 6.40. The molecule has 1 aliphatic carbocycles. The van der Waals surface area contributed by atoms with Crippen LogP contribution in [0.5, 0.6) is 0 Å². The summed E-state index contributed by atoms with van der Waals surface area (Å²) in [5.41, 5.74) is 5.46. The molecule has 0 aliphatic heterocycles. The Bertz CT molecular complexity index is 595. The lowest BCUT2D eigenvalue weighted by atomic mass is 9.98. The van der Waals surface area contributed by atoms with Crippen LogP contribution in [0.15, 0.2) is 29.6 Å². The van der Waals surface area contributed by atoms with Gasteiger partial charge in [-0.25, -0.2) is 13.1 Å². The van der Waals surface area contributed by atoms with E-state index in [1.54, 1.807) is 18.3 Å². The topological polar surface area (TPSA) is 118 Å². The van der Waals surface area contributed by atoms with Crippen molar-refractivity contribution >= 4 is 15.9 Å². The number of oxime groups is 1. The molecule has 0 bridgehead atoms. The molecular weight excluding hydrogens is 292 g/mol. The Morgan fingerprint density at radius 1 is 1.43 bits per heavy atom. The second-order valence-electron chi connectivity index (χ2n) is 5.27. The molecule has 7 nitrogen and oxygen atoms in total. The van der Waals surface area contributed by atoms with Crippen LogP contribution < -0.4 is 10.5 Å². The summed E-state index contributed by atoms with van der Waals surface area (Å²) in [5, 5.41) is 11.9. The van der Waals surface area contributed by atoms with E-state index in [0.717, 1.165) is 12.8 Å². The van der Waals surface area contributed by atoms with Crippen molar-refractivity contribution in [3.63, 3.8) is 0 Å². The Hall–Kier alpha value is -1.67. The zero-order chi connectivity index (χ0) is 15.3. The molecule has 0 spiro atoms. The van der Waals surface area contributed by atoms with Crippen LogP contribution in [0.1, 0.15) is 31.4 Å². The van der Waals surface area contributed by atoms with Gasteiger partial charge < -0.3 is 10.9 Å². The number of nitrogens with one attached hydrogen (secondary N) is 1. The van der Waals surface area contributed by atoms with Crippen LogP contribution in [0.2, 0.25) is 0 Å². The van der Waals surface area contributed by atoms with Gasteiger partial charge in [0.2, 0.25) is 10.0 Å². The minimum absolute atomic E-state index is 0.0681. The van der Waals surface area contributed by atoms with Gasteiger partial charge in [0, 0.05) is 18.3 Å². The summed E-state index contributed by atoms with van der Waals surface area (Å²) in [6, 6.07) is 5.38. The molecule has 2 rings (SSSR count). The minimum Gasteiger partial charge on any atom is -0.409 e. The van der Waals surface area contributed by atoms with E-state index in [0.29, 0.717) is 25.0 Å². The highest BCUT2D eigenvalue weighted by molar-refractivity contribution is 7.89.